The third-order valence-electron chi connectivity index (χ3n) is 4.00. The molecule has 32 heavy (non-hydrogen) atoms. The summed E-state index contributed by atoms with van der Waals surface area (Å²) in [7, 11) is -17.6. The van der Waals surface area contributed by atoms with Crippen LogP contribution in [0.5, 0.6) is 0 Å². The van der Waals surface area contributed by atoms with Crippen LogP contribution in [0.25, 0.3) is 0 Å². The van der Waals surface area contributed by atoms with Crippen molar-refractivity contribution >= 4 is 35.4 Å². The van der Waals surface area contributed by atoms with Crippen molar-refractivity contribution in [3.63, 3.8) is 0 Å². The monoisotopic (exact) mass is 538 g/mol. The number of carbonyl (C=O) groups excluding carboxylic acids is 2. The molecule has 22 heteroatoms. The summed E-state index contributed by atoms with van der Waals surface area (Å²) in [5.41, 5.74) is -3.66. The van der Waals surface area contributed by atoms with Crippen LogP contribution in [0.1, 0.15) is 6.42 Å². The smallest absolute Gasteiger partial charge is 0.383 e. The molecule has 0 aliphatic carbocycles. The zero-order valence-corrected chi connectivity index (χ0v) is 18.0. The third kappa shape index (κ3) is 6.14. The molecule has 6 N–H and O–H groups in total. The predicted molar refractivity (Wildman–Crippen MR) is 89.2 cm³/mol. The molecule has 2 unspecified atom stereocenters. The number of nitrogens with zero attached hydrogens (tertiary/aromatic N) is 1. The molecule has 0 bridgehead atoms. The highest BCUT2D eigenvalue weighted by Gasteiger charge is 2.69. The van der Waals surface area contributed by atoms with Gasteiger partial charge >= 0.3 is 29.5 Å². The van der Waals surface area contributed by atoms with Crippen molar-refractivity contribution in [2.45, 2.75) is 30.3 Å². The summed E-state index contributed by atoms with van der Waals surface area (Å²) >= 11 is 0. The number of rotatable bonds is 9. The number of nitrogens with one attached hydrogen (secondary N) is 1. The largest absolute Gasteiger partial charge is 0.490 e. The number of alkyl halides is 3. The maximum Gasteiger partial charge on any atom is 0.490 e. The number of ether oxygens (including phenoxy) is 1. The van der Waals surface area contributed by atoms with Gasteiger partial charge in [0.2, 0.25) is 11.6 Å². The van der Waals surface area contributed by atoms with E-state index in [1.165, 1.54) is 0 Å². The molecule has 2 aliphatic heterocycles. The summed E-state index contributed by atoms with van der Waals surface area (Å²) < 4.78 is 92.2. The lowest BCUT2D eigenvalue weighted by molar-refractivity contribution is -0.209. The molecule has 0 spiro atoms. The van der Waals surface area contributed by atoms with Gasteiger partial charge in [0.25, 0.3) is 5.85 Å². The van der Waals surface area contributed by atoms with Gasteiger partial charge in [0.15, 0.2) is 12.3 Å². The van der Waals surface area contributed by atoms with Gasteiger partial charge in [-0.2, -0.15) is 8.62 Å². The molecule has 2 rings (SSSR count). The zero-order valence-electron chi connectivity index (χ0n) is 15.3. The first-order chi connectivity index (χ1) is 14.3. The van der Waals surface area contributed by atoms with Gasteiger partial charge in [0, 0.05) is 13.0 Å². The average molecular weight is 538 g/mol. The van der Waals surface area contributed by atoms with E-state index in [1.807, 2.05) is 0 Å². The predicted octanol–water partition coefficient (Wildman–Crippen LogP) is -0.668. The standard InChI is InChI=1S/C10H16F3N2O14P3/c11-3-9(12)6(17)10(13,27-7(9)15-2-1-5(16)14-8(15)18)4-26-31(22,23)29-32(24,25)28-30(19,20)21/h6-7,17H,1-4H2,(H,22,23)(H,24,25)(H,14,16,18)(H2,19,20,21)/t6-,7+,9+,10+/m0/s1. The van der Waals surface area contributed by atoms with Crippen molar-refractivity contribution in [1.82, 2.24) is 10.2 Å². The Morgan fingerprint density at radius 3 is 2.22 bits per heavy atom. The minimum absolute atomic E-state index is 0.330. The Morgan fingerprint density at radius 1 is 1.12 bits per heavy atom. The first-order valence-electron chi connectivity index (χ1n) is 8.03. The number of imide groups is 1. The van der Waals surface area contributed by atoms with Crippen LogP contribution in [0.2, 0.25) is 0 Å². The fourth-order valence-electron chi connectivity index (χ4n) is 2.69. The first-order valence-corrected chi connectivity index (χ1v) is 12.5. The summed E-state index contributed by atoms with van der Waals surface area (Å²) in [4.78, 5) is 58.6. The van der Waals surface area contributed by atoms with E-state index in [4.69, 9.17) is 14.7 Å². The van der Waals surface area contributed by atoms with Crippen LogP contribution in [0.4, 0.5) is 18.0 Å². The van der Waals surface area contributed by atoms with E-state index < -0.39 is 85.5 Å². The van der Waals surface area contributed by atoms with E-state index in [1.54, 1.807) is 5.32 Å². The highest BCUT2D eigenvalue weighted by atomic mass is 31.3. The fraction of sp³-hybridized carbons (Fsp3) is 0.800. The Labute approximate surface area is 175 Å². The van der Waals surface area contributed by atoms with Crippen molar-refractivity contribution in [1.29, 1.82) is 0 Å². The Kier molecular flexibility index (Phi) is 7.69. The lowest BCUT2D eigenvalue weighted by Crippen LogP contribution is -2.60. The van der Waals surface area contributed by atoms with Crippen molar-refractivity contribution in [3.8, 4) is 0 Å². The second-order valence-electron chi connectivity index (χ2n) is 6.38. The van der Waals surface area contributed by atoms with Crippen molar-refractivity contribution < 1.29 is 79.0 Å². The van der Waals surface area contributed by atoms with E-state index in [0.717, 1.165) is 0 Å². The van der Waals surface area contributed by atoms with E-state index in [0.29, 0.717) is 4.90 Å². The molecule has 0 aromatic carbocycles. The number of aliphatic hydroxyl groups excluding tert-OH is 1. The Hall–Kier alpha value is -0.940. The summed E-state index contributed by atoms with van der Waals surface area (Å²) in [6, 6.07) is -1.33. The molecule has 0 radical (unpaired) electrons. The van der Waals surface area contributed by atoms with Crippen LogP contribution in [0, 0.1) is 0 Å². The highest BCUT2D eigenvalue weighted by Crippen LogP contribution is 2.66. The highest BCUT2D eigenvalue weighted by molar-refractivity contribution is 7.66. The number of amides is 3. The molecule has 0 aromatic rings. The maximum absolute atomic E-state index is 15.0. The fourth-order valence-corrected chi connectivity index (χ4v) is 5.72. The van der Waals surface area contributed by atoms with Gasteiger partial charge in [-0.3, -0.25) is 19.5 Å². The first kappa shape index (κ1) is 27.3. The van der Waals surface area contributed by atoms with Gasteiger partial charge in [-0.1, -0.05) is 0 Å². The van der Waals surface area contributed by atoms with Crippen LogP contribution in [0.15, 0.2) is 0 Å². The number of hydrogen-bond acceptors (Lipinski definition) is 10. The van der Waals surface area contributed by atoms with E-state index >= 15 is 8.78 Å². The van der Waals surface area contributed by atoms with Crippen LogP contribution in [-0.2, 0) is 36.4 Å². The maximum atomic E-state index is 15.0. The molecule has 0 saturated carbocycles. The van der Waals surface area contributed by atoms with Crippen LogP contribution in [0.3, 0.4) is 0 Å². The van der Waals surface area contributed by atoms with E-state index in [-0.39, 0.29) is 0 Å². The van der Waals surface area contributed by atoms with Gasteiger partial charge in [-0.25, -0.2) is 31.7 Å². The minimum Gasteiger partial charge on any atom is -0.383 e. The van der Waals surface area contributed by atoms with Crippen molar-refractivity contribution in [2.75, 3.05) is 19.8 Å². The number of halogens is 3. The van der Waals surface area contributed by atoms with Crippen LogP contribution < -0.4 is 5.32 Å². The molecule has 186 valence electrons. The molecule has 2 fully saturated rings. The molecule has 2 heterocycles. The number of carbonyl (C=O) groups is 2. The zero-order chi connectivity index (χ0) is 24.8. The van der Waals surface area contributed by atoms with Crippen molar-refractivity contribution in [2.24, 2.45) is 0 Å². The Morgan fingerprint density at radius 2 is 1.72 bits per heavy atom. The molecule has 16 nitrogen and oxygen atoms in total. The van der Waals surface area contributed by atoms with Crippen molar-refractivity contribution in [3.05, 3.63) is 0 Å². The van der Waals surface area contributed by atoms with E-state index in [2.05, 4.69) is 17.9 Å². The van der Waals surface area contributed by atoms with Gasteiger partial charge in [-0.15, -0.1) is 0 Å². The molecule has 2 aliphatic rings. The normalized spacial score (nSPS) is 35.3. The summed E-state index contributed by atoms with van der Waals surface area (Å²) in [5, 5.41) is 11.6. The van der Waals surface area contributed by atoms with Gasteiger partial charge in [-0.05, 0) is 0 Å². The second kappa shape index (κ2) is 9.02. The van der Waals surface area contributed by atoms with Gasteiger partial charge < -0.3 is 29.4 Å². The number of hydrogen-bond donors (Lipinski definition) is 6. The lowest BCUT2D eigenvalue weighted by Gasteiger charge is -2.36. The second-order valence-corrected chi connectivity index (χ2v) is 10.8. The number of urea groups is 1. The number of phosphoric acid groups is 3. The lowest BCUT2D eigenvalue weighted by atomic mass is 9.95. The average Bonchev–Trinajstić information content (AvgIpc) is 2.80. The topological polar surface area (TPSA) is 239 Å². The molecule has 0 aromatic heterocycles. The minimum atomic E-state index is -5.97. The molecular formula is C10H16F3N2O14P3. The Bertz CT molecular complexity index is 918. The molecule has 2 saturated heterocycles. The van der Waals surface area contributed by atoms with Gasteiger partial charge in [0.05, 0.1) is 0 Å². The SMILES string of the molecule is O=C1CCN([C@@H]2O[C@](F)(COP(=O)(O)OP(=O)(O)OP(=O)(O)O)[C@@H](O)[C@]2(F)CF)C(=O)N1. The quantitative estimate of drug-likeness (QED) is 0.200. The summed E-state index contributed by atoms with van der Waals surface area (Å²) in [5.74, 6) is -4.66. The van der Waals surface area contributed by atoms with E-state index in [9.17, 15) is 37.7 Å². The summed E-state index contributed by atoms with van der Waals surface area (Å²) in [6.07, 6.45) is -6.03. The third-order valence-corrected chi connectivity index (χ3v) is 7.78. The number of phosphoric ester groups is 1. The molecular weight excluding hydrogens is 522 g/mol. The molecule has 3 amide bonds. The Balaban J connectivity index is 2.18. The van der Waals surface area contributed by atoms with Gasteiger partial charge in [0.1, 0.15) is 13.3 Å². The van der Waals surface area contributed by atoms with Crippen LogP contribution in [-0.4, -0.2) is 85.2 Å². The summed E-state index contributed by atoms with van der Waals surface area (Å²) in [6.45, 7) is -4.70. The number of aliphatic hydroxyl groups is 1. The molecule has 6 atom stereocenters. The van der Waals surface area contributed by atoms with Crippen LogP contribution >= 0.6 is 23.5 Å².